The number of hydrogen-bond acceptors (Lipinski definition) is 3. The van der Waals surface area contributed by atoms with Crippen molar-refractivity contribution in [2.24, 2.45) is 11.3 Å². The van der Waals surface area contributed by atoms with Crippen molar-refractivity contribution in [1.82, 2.24) is 10.6 Å². The molecule has 2 unspecified atom stereocenters. The summed E-state index contributed by atoms with van der Waals surface area (Å²) in [5.41, 5.74) is -0.739. The molecule has 4 nitrogen and oxygen atoms in total. The lowest BCUT2D eigenvalue weighted by atomic mass is 9.62. The normalized spacial score (nSPS) is 27.4. The quantitative estimate of drug-likeness (QED) is 0.316. The van der Waals surface area contributed by atoms with Crippen LogP contribution in [0.3, 0.4) is 0 Å². The molecule has 3 aromatic rings. The highest BCUT2D eigenvalue weighted by Gasteiger charge is 2.78. The Bertz CT molecular complexity index is 1490. The summed E-state index contributed by atoms with van der Waals surface area (Å²) in [6.45, 7) is 6.42. The molecule has 41 heavy (non-hydrogen) atoms. The second-order valence-corrected chi connectivity index (χ2v) is 13.0. The number of carbonyl (C=O) groups excluding carboxylic acids is 1. The number of nitriles is 1. The lowest BCUT2D eigenvalue weighted by molar-refractivity contribution is -0.137. The predicted octanol–water partition coefficient (Wildman–Crippen LogP) is 7.65. The summed E-state index contributed by atoms with van der Waals surface area (Å²) in [7, 11) is 0. The molecule has 0 bridgehead atoms. The topological polar surface area (TPSA) is 64.9 Å². The minimum Gasteiger partial charge on any atom is -0.351 e. The van der Waals surface area contributed by atoms with Crippen LogP contribution in [0.15, 0.2) is 72.8 Å². The average Bonchev–Trinajstić information content (AvgIpc) is 3.58. The molecule has 1 spiro atoms. The maximum absolute atomic E-state index is 14.0. The van der Waals surface area contributed by atoms with Crippen molar-refractivity contribution in [3.8, 4) is 6.07 Å². The molecule has 5 rings (SSSR count). The molecule has 0 radical (unpaired) electrons. The Morgan fingerprint density at radius 1 is 1.02 bits per heavy atom. The molecule has 0 aromatic heterocycles. The van der Waals surface area contributed by atoms with Gasteiger partial charge in [0.05, 0.1) is 17.7 Å². The maximum atomic E-state index is 14.0. The molecule has 2 aliphatic rings. The van der Waals surface area contributed by atoms with Crippen molar-refractivity contribution in [3.05, 3.63) is 105 Å². The Balaban J connectivity index is 1.58. The molecule has 1 saturated heterocycles. The minimum absolute atomic E-state index is 0.0353. The molecule has 2 N–H and O–H groups in total. The predicted molar refractivity (Wildman–Crippen MR) is 153 cm³/mol. The van der Waals surface area contributed by atoms with Crippen LogP contribution in [0.2, 0.25) is 10.0 Å². The van der Waals surface area contributed by atoms with Gasteiger partial charge >= 0.3 is 6.18 Å². The minimum atomic E-state index is -4.44. The second kappa shape index (κ2) is 10.3. The van der Waals surface area contributed by atoms with Crippen LogP contribution in [-0.2, 0) is 22.9 Å². The van der Waals surface area contributed by atoms with Gasteiger partial charge in [0.1, 0.15) is 5.41 Å². The number of hydrogen-bond donors (Lipinski definition) is 2. The summed E-state index contributed by atoms with van der Waals surface area (Å²) in [4.78, 5) is 14.0. The highest BCUT2D eigenvalue weighted by Crippen LogP contribution is 2.70. The molecular weight excluding hydrogens is 570 g/mol. The van der Waals surface area contributed by atoms with Crippen LogP contribution in [-0.4, -0.2) is 17.5 Å². The van der Waals surface area contributed by atoms with Crippen molar-refractivity contribution >= 4 is 29.1 Å². The van der Waals surface area contributed by atoms with E-state index in [1.165, 1.54) is 12.1 Å². The fraction of sp³-hybridized carbons (Fsp3) is 0.375. The van der Waals surface area contributed by atoms with Gasteiger partial charge in [-0.3, -0.25) is 10.1 Å². The van der Waals surface area contributed by atoms with Gasteiger partial charge in [-0.1, -0.05) is 80.4 Å². The Morgan fingerprint density at radius 2 is 1.68 bits per heavy atom. The molecule has 3 aromatic carbocycles. The number of benzene rings is 3. The first-order chi connectivity index (χ1) is 19.2. The lowest BCUT2D eigenvalue weighted by Gasteiger charge is -2.37. The van der Waals surface area contributed by atoms with Crippen molar-refractivity contribution in [2.75, 3.05) is 0 Å². The van der Waals surface area contributed by atoms with Crippen LogP contribution >= 0.6 is 23.2 Å². The Labute approximate surface area is 247 Å². The SMILES string of the molecule is CC(C)(C)C1CC12N[C@@H](C(=O)NCc1ccc(C(F)(F)F)cc1)[C@H](c1cccc(Cl)c1)[C@@]2(C#N)c1ccc(Cl)cc1. The summed E-state index contributed by atoms with van der Waals surface area (Å²) in [6, 6.07) is 21.0. The van der Waals surface area contributed by atoms with Gasteiger partial charge < -0.3 is 5.32 Å². The third kappa shape index (κ3) is 5.11. The molecule has 1 heterocycles. The third-order valence-electron chi connectivity index (χ3n) is 8.64. The molecule has 214 valence electrons. The number of halogens is 5. The van der Waals surface area contributed by atoms with Crippen molar-refractivity contribution < 1.29 is 18.0 Å². The summed E-state index contributed by atoms with van der Waals surface area (Å²) in [6.07, 6.45) is -3.75. The van der Waals surface area contributed by atoms with E-state index in [9.17, 15) is 23.2 Å². The molecule has 1 amide bonds. The molecule has 9 heteroatoms. The number of carbonyl (C=O) groups is 1. The third-order valence-corrected chi connectivity index (χ3v) is 9.12. The first kappa shape index (κ1) is 29.4. The Hall–Kier alpha value is -3.05. The summed E-state index contributed by atoms with van der Waals surface area (Å²) >= 11 is 12.7. The van der Waals surface area contributed by atoms with Gasteiger partial charge in [-0.15, -0.1) is 0 Å². The smallest absolute Gasteiger partial charge is 0.351 e. The van der Waals surface area contributed by atoms with Crippen LogP contribution in [0.25, 0.3) is 0 Å². The zero-order valence-corrected chi connectivity index (χ0v) is 24.3. The summed E-state index contributed by atoms with van der Waals surface area (Å²) in [5.74, 6) is -0.882. The van der Waals surface area contributed by atoms with Crippen LogP contribution in [0.4, 0.5) is 13.2 Å². The van der Waals surface area contributed by atoms with Gasteiger partial charge in [-0.25, -0.2) is 0 Å². The van der Waals surface area contributed by atoms with Gasteiger partial charge in [0.25, 0.3) is 0 Å². The van der Waals surface area contributed by atoms with E-state index in [0.717, 1.165) is 23.3 Å². The monoisotopic (exact) mass is 599 g/mol. The fourth-order valence-corrected chi connectivity index (χ4v) is 7.08. The fourth-order valence-electron chi connectivity index (χ4n) is 6.76. The van der Waals surface area contributed by atoms with Crippen molar-refractivity contribution in [2.45, 2.75) is 62.8 Å². The molecule has 1 saturated carbocycles. The first-order valence-corrected chi connectivity index (χ1v) is 14.1. The van der Waals surface area contributed by atoms with Gasteiger partial charge in [0.15, 0.2) is 0 Å². The number of alkyl halides is 3. The van der Waals surface area contributed by atoms with Crippen LogP contribution in [0.5, 0.6) is 0 Å². The van der Waals surface area contributed by atoms with E-state index in [4.69, 9.17) is 23.2 Å². The average molecular weight is 601 g/mol. The molecular formula is C32H30Cl2F3N3O. The summed E-state index contributed by atoms with van der Waals surface area (Å²) in [5, 5.41) is 18.7. The molecule has 1 aliphatic carbocycles. The van der Waals surface area contributed by atoms with Crippen LogP contribution in [0.1, 0.15) is 55.4 Å². The molecule has 5 atom stereocenters. The van der Waals surface area contributed by atoms with Gasteiger partial charge in [-0.05, 0) is 70.8 Å². The zero-order valence-electron chi connectivity index (χ0n) is 22.8. The largest absolute Gasteiger partial charge is 0.416 e. The molecule has 1 aliphatic heterocycles. The van der Waals surface area contributed by atoms with Gasteiger partial charge in [0, 0.05) is 28.0 Å². The van der Waals surface area contributed by atoms with Gasteiger partial charge in [-0.2, -0.15) is 18.4 Å². The van der Waals surface area contributed by atoms with E-state index in [2.05, 4.69) is 37.5 Å². The van der Waals surface area contributed by atoms with E-state index >= 15 is 0 Å². The lowest BCUT2D eigenvalue weighted by Crippen LogP contribution is -2.48. The van der Waals surface area contributed by atoms with E-state index < -0.39 is 34.7 Å². The Morgan fingerprint density at radius 3 is 2.22 bits per heavy atom. The van der Waals surface area contributed by atoms with E-state index in [0.29, 0.717) is 22.0 Å². The standard InChI is InChI=1S/C32H30Cl2F3N3O/c1-29(2,3)25-16-31(25)30(18-38,21-11-13-23(33)14-12-21)26(20-5-4-6-24(34)15-20)27(40-31)28(41)39-17-19-7-9-22(10-8-19)32(35,36)37/h4-15,25-27,40H,16-17H2,1-3H3,(H,39,41)/t25?,26-,27+,30+,31?/m0/s1. The maximum Gasteiger partial charge on any atom is 0.416 e. The number of amides is 1. The van der Waals surface area contributed by atoms with E-state index in [1.54, 1.807) is 30.3 Å². The van der Waals surface area contributed by atoms with Crippen molar-refractivity contribution in [1.29, 1.82) is 5.26 Å². The van der Waals surface area contributed by atoms with Crippen molar-refractivity contribution in [3.63, 3.8) is 0 Å². The number of nitrogens with zero attached hydrogens (tertiary/aromatic N) is 1. The summed E-state index contributed by atoms with van der Waals surface area (Å²) < 4.78 is 39.0. The van der Waals surface area contributed by atoms with Crippen LogP contribution in [0, 0.1) is 22.7 Å². The Kier molecular flexibility index (Phi) is 7.43. The highest BCUT2D eigenvalue weighted by atomic mass is 35.5. The number of nitrogens with one attached hydrogen (secondary N) is 2. The van der Waals surface area contributed by atoms with E-state index in [1.807, 2.05) is 18.2 Å². The van der Waals surface area contributed by atoms with E-state index in [-0.39, 0.29) is 23.8 Å². The number of rotatable bonds is 5. The zero-order chi connectivity index (χ0) is 29.8. The first-order valence-electron chi connectivity index (χ1n) is 13.4. The van der Waals surface area contributed by atoms with Gasteiger partial charge in [0.2, 0.25) is 5.91 Å². The van der Waals surface area contributed by atoms with Crippen LogP contribution < -0.4 is 10.6 Å². The molecule has 2 fully saturated rings. The highest BCUT2D eigenvalue weighted by molar-refractivity contribution is 6.30. The second-order valence-electron chi connectivity index (χ2n) is 12.1.